The Bertz CT molecular complexity index is 551. The van der Waals surface area contributed by atoms with Gasteiger partial charge in [-0.1, -0.05) is 6.92 Å². The van der Waals surface area contributed by atoms with Crippen LogP contribution < -0.4 is 4.72 Å². The van der Waals surface area contributed by atoms with E-state index in [0.717, 1.165) is 12.8 Å². The lowest BCUT2D eigenvalue weighted by atomic mass is 10.0. The summed E-state index contributed by atoms with van der Waals surface area (Å²) in [4.78, 5) is 4.00. The standard InChI is InChI=1S/C12H19N3O3S/c1-9-5-7-15(8-6-9)19(17,18)14-12-11(16)4-3-10(2)13-12/h3-4,9,16H,5-8H2,1-2H3,(H,13,14). The third-order valence-corrected chi connectivity index (χ3v) is 4.82. The van der Waals surface area contributed by atoms with Crippen LogP contribution in [-0.2, 0) is 10.2 Å². The first kappa shape index (κ1) is 14.1. The maximum atomic E-state index is 12.2. The molecule has 0 saturated carbocycles. The van der Waals surface area contributed by atoms with Gasteiger partial charge in [-0.05, 0) is 37.8 Å². The second-order valence-electron chi connectivity index (χ2n) is 5.01. The van der Waals surface area contributed by atoms with Crippen LogP contribution in [-0.4, -0.2) is 35.9 Å². The minimum absolute atomic E-state index is 0.0152. The number of aromatic nitrogens is 1. The third-order valence-electron chi connectivity index (χ3n) is 3.32. The fraction of sp³-hybridized carbons (Fsp3) is 0.583. The lowest BCUT2D eigenvalue weighted by Crippen LogP contribution is -2.41. The molecular formula is C12H19N3O3S. The lowest BCUT2D eigenvalue weighted by molar-refractivity contribution is 0.289. The molecule has 0 radical (unpaired) electrons. The molecule has 1 saturated heterocycles. The fourth-order valence-corrected chi connectivity index (χ4v) is 3.25. The van der Waals surface area contributed by atoms with Gasteiger partial charge in [0.15, 0.2) is 11.6 Å². The molecule has 0 spiro atoms. The zero-order valence-electron chi connectivity index (χ0n) is 11.1. The first-order valence-electron chi connectivity index (χ1n) is 6.33. The molecular weight excluding hydrogens is 266 g/mol. The number of piperidine rings is 1. The van der Waals surface area contributed by atoms with Gasteiger partial charge in [0.2, 0.25) is 0 Å². The molecule has 2 N–H and O–H groups in total. The highest BCUT2D eigenvalue weighted by Gasteiger charge is 2.27. The van der Waals surface area contributed by atoms with Crippen LogP contribution in [0.25, 0.3) is 0 Å². The van der Waals surface area contributed by atoms with Crippen molar-refractivity contribution >= 4 is 16.0 Å². The molecule has 1 aromatic rings. The Hall–Kier alpha value is -1.34. The molecule has 19 heavy (non-hydrogen) atoms. The highest BCUT2D eigenvalue weighted by Crippen LogP contribution is 2.24. The van der Waals surface area contributed by atoms with E-state index in [9.17, 15) is 13.5 Å². The number of nitrogens with one attached hydrogen (secondary N) is 1. The first-order chi connectivity index (χ1) is 8.88. The number of anilines is 1. The van der Waals surface area contributed by atoms with E-state index < -0.39 is 10.2 Å². The van der Waals surface area contributed by atoms with Crippen LogP contribution in [0, 0.1) is 12.8 Å². The van der Waals surface area contributed by atoms with E-state index in [0.29, 0.717) is 24.7 Å². The number of hydrogen-bond donors (Lipinski definition) is 2. The smallest absolute Gasteiger partial charge is 0.302 e. The van der Waals surface area contributed by atoms with Gasteiger partial charge in [-0.3, -0.25) is 4.72 Å². The van der Waals surface area contributed by atoms with E-state index >= 15 is 0 Å². The Morgan fingerprint density at radius 2 is 2.00 bits per heavy atom. The quantitative estimate of drug-likeness (QED) is 0.881. The Morgan fingerprint density at radius 1 is 1.37 bits per heavy atom. The average Bonchev–Trinajstić information content (AvgIpc) is 2.34. The molecule has 1 fully saturated rings. The third kappa shape index (κ3) is 3.36. The van der Waals surface area contributed by atoms with Crippen LogP contribution >= 0.6 is 0 Å². The van der Waals surface area contributed by atoms with Gasteiger partial charge in [0, 0.05) is 18.8 Å². The molecule has 6 nitrogen and oxygen atoms in total. The minimum atomic E-state index is -3.64. The number of aryl methyl sites for hydroxylation is 1. The highest BCUT2D eigenvalue weighted by molar-refractivity contribution is 7.90. The second kappa shape index (κ2) is 5.34. The van der Waals surface area contributed by atoms with Gasteiger partial charge in [-0.25, -0.2) is 4.98 Å². The number of pyridine rings is 1. The van der Waals surface area contributed by atoms with Crippen LogP contribution in [0.2, 0.25) is 0 Å². The average molecular weight is 285 g/mol. The first-order valence-corrected chi connectivity index (χ1v) is 7.77. The van der Waals surface area contributed by atoms with Gasteiger partial charge < -0.3 is 5.11 Å². The van der Waals surface area contributed by atoms with Crippen molar-refractivity contribution in [3.05, 3.63) is 17.8 Å². The number of nitrogens with zero attached hydrogens (tertiary/aromatic N) is 2. The summed E-state index contributed by atoms with van der Waals surface area (Å²) in [5.41, 5.74) is 0.641. The summed E-state index contributed by atoms with van der Waals surface area (Å²) in [6, 6.07) is 3.05. The van der Waals surface area contributed by atoms with Crippen molar-refractivity contribution in [1.82, 2.24) is 9.29 Å². The summed E-state index contributed by atoms with van der Waals surface area (Å²) in [7, 11) is -3.64. The molecule has 0 atom stereocenters. The van der Waals surface area contributed by atoms with Gasteiger partial charge >= 0.3 is 10.2 Å². The lowest BCUT2D eigenvalue weighted by Gasteiger charge is -2.29. The summed E-state index contributed by atoms with van der Waals surface area (Å²) >= 11 is 0. The minimum Gasteiger partial charge on any atom is -0.504 e. The van der Waals surface area contributed by atoms with Gasteiger partial charge in [0.25, 0.3) is 0 Å². The van der Waals surface area contributed by atoms with Crippen molar-refractivity contribution in [1.29, 1.82) is 0 Å². The maximum absolute atomic E-state index is 12.2. The highest BCUT2D eigenvalue weighted by atomic mass is 32.2. The van der Waals surface area contributed by atoms with Crippen molar-refractivity contribution in [2.24, 2.45) is 5.92 Å². The molecule has 0 aliphatic carbocycles. The maximum Gasteiger partial charge on any atom is 0.302 e. The predicted molar refractivity (Wildman–Crippen MR) is 73.2 cm³/mol. The number of hydrogen-bond acceptors (Lipinski definition) is 4. The molecule has 0 aromatic carbocycles. The number of aromatic hydroxyl groups is 1. The Kier molecular flexibility index (Phi) is 3.96. The molecule has 1 aliphatic heterocycles. The van der Waals surface area contributed by atoms with Crippen molar-refractivity contribution < 1.29 is 13.5 Å². The predicted octanol–water partition coefficient (Wildman–Crippen LogP) is 1.48. The largest absolute Gasteiger partial charge is 0.504 e. The van der Waals surface area contributed by atoms with E-state index in [4.69, 9.17) is 0 Å². The van der Waals surface area contributed by atoms with E-state index in [1.807, 2.05) is 0 Å². The Balaban J connectivity index is 2.15. The molecule has 2 heterocycles. The summed E-state index contributed by atoms with van der Waals surface area (Å²) in [6.45, 7) is 4.86. The van der Waals surface area contributed by atoms with Crippen LogP contribution in [0.3, 0.4) is 0 Å². The van der Waals surface area contributed by atoms with E-state index in [2.05, 4.69) is 16.6 Å². The van der Waals surface area contributed by atoms with E-state index in [1.165, 1.54) is 10.4 Å². The van der Waals surface area contributed by atoms with Crippen LogP contribution in [0.15, 0.2) is 12.1 Å². The van der Waals surface area contributed by atoms with Crippen LogP contribution in [0.1, 0.15) is 25.5 Å². The topological polar surface area (TPSA) is 82.5 Å². The molecule has 7 heteroatoms. The van der Waals surface area contributed by atoms with E-state index in [1.54, 1.807) is 13.0 Å². The SMILES string of the molecule is Cc1ccc(O)c(NS(=O)(=O)N2CCC(C)CC2)n1. The van der Waals surface area contributed by atoms with Gasteiger partial charge in [0.1, 0.15) is 0 Å². The van der Waals surface area contributed by atoms with Gasteiger partial charge in [-0.2, -0.15) is 12.7 Å². The Labute approximate surface area is 113 Å². The Morgan fingerprint density at radius 3 is 2.63 bits per heavy atom. The molecule has 1 aliphatic rings. The zero-order valence-corrected chi connectivity index (χ0v) is 11.9. The van der Waals surface area contributed by atoms with Gasteiger partial charge in [0.05, 0.1) is 0 Å². The summed E-state index contributed by atoms with van der Waals surface area (Å²) in [5, 5.41) is 9.63. The van der Waals surface area contributed by atoms with E-state index in [-0.39, 0.29) is 11.6 Å². The molecule has 2 rings (SSSR count). The monoisotopic (exact) mass is 285 g/mol. The molecule has 1 aromatic heterocycles. The molecule has 106 valence electrons. The van der Waals surface area contributed by atoms with Gasteiger partial charge in [-0.15, -0.1) is 0 Å². The van der Waals surface area contributed by atoms with Crippen molar-refractivity contribution in [3.8, 4) is 5.75 Å². The molecule has 0 amide bonds. The van der Waals surface area contributed by atoms with Crippen LogP contribution in [0.5, 0.6) is 5.75 Å². The summed E-state index contributed by atoms with van der Waals surface area (Å²) in [5.74, 6) is 0.370. The van der Waals surface area contributed by atoms with Crippen molar-refractivity contribution in [2.75, 3.05) is 17.8 Å². The zero-order chi connectivity index (χ0) is 14.0. The van der Waals surface area contributed by atoms with Crippen molar-refractivity contribution in [2.45, 2.75) is 26.7 Å². The second-order valence-corrected chi connectivity index (χ2v) is 6.68. The van der Waals surface area contributed by atoms with Crippen molar-refractivity contribution in [3.63, 3.8) is 0 Å². The van der Waals surface area contributed by atoms with Crippen LogP contribution in [0.4, 0.5) is 5.82 Å². The number of rotatable bonds is 3. The normalized spacial score (nSPS) is 18.4. The fourth-order valence-electron chi connectivity index (χ4n) is 2.04. The summed E-state index contributed by atoms with van der Waals surface area (Å²) in [6.07, 6.45) is 1.71. The molecule has 0 bridgehead atoms. The molecule has 0 unspecified atom stereocenters. The summed E-state index contributed by atoms with van der Waals surface area (Å²) < 4.78 is 28.1.